The molecule has 0 spiro atoms. The van der Waals surface area contributed by atoms with Gasteiger partial charge in [0.05, 0.1) is 17.5 Å². The molecule has 2 aromatic heterocycles. The third kappa shape index (κ3) is 4.10. The van der Waals surface area contributed by atoms with Crippen LogP contribution in [0, 0.1) is 6.92 Å². The first-order chi connectivity index (χ1) is 11.9. The third-order valence-electron chi connectivity index (χ3n) is 3.68. The quantitative estimate of drug-likeness (QED) is 0.545. The second-order valence-electron chi connectivity index (χ2n) is 5.52. The van der Waals surface area contributed by atoms with E-state index >= 15 is 0 Å². The lowest BCUT2D eigenvalue weighted by Gasteiger charge is -2.22. The van der Waals surface area contributed by atoms with Gasteiger partial charge in [-0.3, -0.25) is 0 Å². The maximum absolute atomic E-state index is 13.2. The smallest absolute Gasteiger partial charge is 0.245 e. The van der Waals surface area contributed by atoms with Gasteiger partial charge in [0.15, 0.2) is 0 Å². The summed E-state index contributed by atoms with van der Waals surface area (Å²) < 4.78 is 32.9. The van der Waals surface area contributed by atoms with Crippen molar-refractivity contribution in [1.29, 1.82) is 0 Å². The Labute approximate surface area is 160 Å². The molecule has 8 heteroatoms. The minimum absolute atomic E-state index is 0.0520. The Balaban J connectivity index is 2.02. The molecule has 0 fully saturated rings. The SMILES string of the molecule is Cc1cc(S(=O)(=O)N(Cc2ccoc2)Cc2cccs2)c(Cl)cc1Cl. The lowest BCUT2D eigenvalue weighted by Crippen LogP contribution is -2.30. The normalized spacial score (nSPS) is 12.0. The van der Waals surface area contributed by atoms with Crippen LogP contribution in [0.3, 0.4) is 0 Å². The van der Waals surface area contributed by atoms with Gasteiger partial charge in [-0.2, -0.15) is 4.31 Å². The molecule has 0 N–H and O–H groups in total. The zero-order valence-corrected chi connectivity index (χ0v) is 16.4. The van der Waals surface area contributed by atoms with Crippen LogP contribution in [0.1, 0.15) is 16.0 Å². The van der Waals surface area contributed by atoms with Gasteiger partial charge < -0.3 is 4.42 Å². The first-order valence-corrected chi connectivity index (χ1v) is 10.4. The van der Waals surface area contributed by atoms with Crippen LogP contribution in [0.15, 0.2) is 57.6 Å². The monoisotopic (exact) mass is 415 g/mol. The highest BCUT2D eigenvalue weighted by Gasteiger charge is 2.28. The van der Waals surface area contributed by atoms with Crippen molar-refractivity contribution in [3.8, 4) is 0 Å². The fourth-order valence-corrected chi connectivity index (χ4v) is 5.37. The molecular weight excluding hydrogens is 401 g/mol. The van der Waals surface area contributed by atoms with Crippen molar-refractivity contribution < 1.29 is 12.8 Å². The van der Waals surface area contributed by atoms with E-state index in [9.17, 15) is 8.42 Å². The Bertz CT molecular complexity index is 916. The van der Waals surface area contributed by atoms with Crippen molar-refractivity contribution in [3.05, 3.63) is 74.3 Å². The van der Waals surface area contributed by atoms with Crippen LogP contribution in [0.5, 0.6) is 0 Å². The zero-order chi connectivity index (χ0) is 18.0. The Morgan fingerprint density at radius 3 is 2.60 bits per heavy atom. The predicted molar refractivity (Wildman–Crippen MR) is 101 cm³/mol. The largest absolute Gasteiger partial charge is 0.472 e. The lowest BCUT2D eigenvalue weighted by molar-refractivity contribution is 0.402. The Kier molecular flexibility index (Phi) is 5.55. The summed E-state index contributed by atoms with van der Waals surface area (Å²) in [6, 6.07) is 8.51. The van der Waals surface area contributed by atoms with Gasteiger partial charge in [-0.1, -0.05) is 29.3 Å². The molecule has 0 radical (unpaired) electrons. The number of furan rings is 1. The van der Waals surface area contributed by atoms with Crippen molar-refractivity contribution in [2.24, 2.45) is 0 Å². The van der Waals surface area contributed by atoms with E-state index in [1.54, 1.807) is 13.0 Å². The first-order valence-electron chi connectivity index (χ1n) is 7.37. The molecule has 0 aliphatic carbocycles. The average Bonchev–Trinajstić information content (AvgIpc) is 3.23. The van der Waals surface area contributed by atoms with E-state index in [0.29, 0.717) is 10.6 Å². The van der Waals surface area contributed by atoms with Gasteiger partial charge in [-0.25, -0.2) is 8.42 Å². The highest BCUT2D eigenvalue weighted by Crippen LogP contribution is 2.32. The predicted octanol–water partition coefficient (Wildman–Crippen LogP) is 5.35. The Hall–Kier alpha value is -1.31. The molecule has 0 bridgehead atoms. The van der Waals surface area contributed by atoms with Gasteiger partial charge in [0, 0.05) is 28.6 Å². The minimum atomic E-state index is -3.82. The van der Waals surface area contributed by atoms with E-state index in [1.165, 1.54) is 40.3 Å². The van der Waals surface area contributed by atoms with E-state index in [2.05, 4.69) is 0 Å². The summed E-state index contributed by atoms with van der Waals surface area (Å²) in [7, 11) is -3.82. The molecule has 132 valence electrons. The zero-order valence-electron chi connectivity index (χ0n) is 13.3. The minimum Gasteiger partial charge on any atom is -0.472 e. The van der Waals surface area contributed by atoms with Crippen molar-refractivity contribution in [2.45, 2.75) is 24.9 Å². The molecule has 4 nitrogen and oxygen atoms in total. The van der Waals surface area contributed by atoms with Crippen LogP contribution in [0.25, 0.3) is 0 Å². The van der Waals surface area contributed by atoms with E-state index in [1.807, 2.05) is 17.5 Å². The Morgan fingerprint density at radius 1 is 1.16 bits per heavy atom. The van der Waals surface area contributed by atoms with Gasteiger partial charge in [0.2, 0.25) is 10.0 Å². The van der Waals surface area contributed by atoms with Crippen LogP contribution in [0.4, 0.5) is 0 Å². The topological polar surface area (TPSA) is 50.5 Å². The molecule has 0 saturated carbocycles. The summed E-state index contributed by atoms with van der Waals surface area (Å²) in [6.07, 6.45) is 3.05. The summed E-state index contributed by atoms with van der Waals surface area (Å²) in [5.41, 5.74) is 1.42. The number of hydrogen-bond acceptors (Lipinski definition) is 4. The van der Waals surface area contributed by atoms with E-state index < -0.39 is 10.0 Å². The van der Waals surface area contributed by atoms with Gasteiger partial charge >= 0.3 is 0 Å². The molecule has 0 atom stereocenters. The van der Waals surface area contributed by atoms with E-state index in [4.69, 9.17) is 27.6 Å². The molecule has 3 aromatic rings. The first kappa shape index (κ1) is 18.5. The summed E-state index contributed by atoms with van der Waals surface area (Å²) in [5.74, 6) is 0. The van der Waals surface area contributed by atoms with Gasteiger partial charge in [0.25, 0.3) is 0 Å². The molecule has 0 amide bonds. The number of aryl methyl sites for hydroxylation is 1. The summed E-state index contributed by atoms with van der Waals surface area (Å²) in [6.45, 7) is 2.19. The fourth-order valence-electron chi connectivity index (χ4n) is 2.36. The second-order valence-corrected chi connectivity index (χ2v) is 9.27. The van der Waals surface area contributed by atoms with Gasteiger partial charge in [-0.05, 0) is 42.1 Å². The van der Waals surface area contributed by atoms with Crippen LogP contribution < -0.4 is 0 Å². The number of benzene rings is 1. The molecule has 1 aromatic carbocycles. The van der Waals surface area contributed by atoms with Crippen LogP contribution in [-0.2, 0) is 23.1 Å². The fraction of sp³-hybridized carbons (Fsp3) is 0.176. The summed E-state index contributed by atoms with van der Waals surface area (Å²) >= 11 is 13.7. The second kappa shape index (κ2) is 7.51. The molecule has 0 aliphatic rings. The molecule has 0 aliphatic heterocycles. The lowest BCUT2D eigenvalue weighted by atomic mass is 10.2. The van der Waals surface area contributed by atoms with Gasteiger partial charge in [-0.15, -0.1) is 11.3 Å². The van der Waals surface area contributed by atoms with Crippen molar-refractivity contribution in [3.63, 3.8) is 0 Å². The molecule has 0 saturated heterocycles. The number of rotatable bonds is 6. The molecule has 25 heavy (non-hydrogen) atoms. The van der Waals surface area contributed by atoms with Crippen LogP contribution in [0.2, 0.25) is 10.0 Å². The maximum atomic E-state index is 13.2. The highest BCUT2D eigenvalue weighted by molar-refractivity contribution is 7.89. The third-order valence-corrected chi connectivity index (χ3v) is 7.21. The summed E-state index contributed by atoms with van der Waals surface area (Å²) in [4.78, 5) is 0.991. The van der Waals surface area contributed by atoms with Crippen molar-refractivity contribution in [1.82, 2.24) is 4.31 Å². The number of sulfonamides is 1. The molecular formula is C17H15Cl2NO3S2. The Morgan fingerprint density at radius 2 is 1.96 bits per heavy atom. The maximum Gasteiger partial charge on any atom is 0.245 e. The van der Waals surface area contributed by atoms with Crippen molar-refractivity contribution in [2.75, 3.05) is 0 Å². The number of halogens is 2. The molecule has 3 rings (SSSR count). The average molecular weight is 416 g/mol. The standard InChI is InChI=1S/C17H15Cl2NO3S2/c1-12-7-17(16(19)8-15(12)18)25(21,22)20(9-13-4-5-23-11-13)10-14-3-2-6-24-14/h2-8,11H,9-10H2,1H3. The number of nitrogens with zero attached hydrogens (tertiary/aromatic N) is 1. The number of hydrogen-bond donors (Lipinski definition) is 0. The highest BCUT2D eigenvalue weighted by atomic mass is 35.5. The van der Waals surface area contributed by atoms with E-state index in [0.717, 1.165) is 10.4 Å². The van der Waals surface area contributed by atoms with Crippen LogP contribution in [-0.4, -0.2) is 12.7 Å². The summed E-state index contributed by atoms with van der Waals surface area (Å²) in [5, 5.41) is 2.46. The molecule has 0 unspecified atom stereocenters. The van der Waals surface area contributed by atoms with E-state index in [-0.39, 0.29) is 23.0 Å². The van der Waals surface area contributed by atoms with Gasteiger partial charge in [0.1, 0.15) is 4.90 Å². The van der Waals surface area contributed by atoms with Crippen LogP contribution >= 0.6 is 34.5 Å². The van der Waals surface area contributed by atoms with Crippen molar-refractivity contribution >= 4 is 44.6 Å². The number of thiophene rings is 1. The molecule has 2 heterocycles.